The minimum absolute atomic E-state index is 0.233. The van der Waals surface area contributed by atoms with E-state index in [1.807, 2.05) is 99.6 Å². The van der Waals surface area contributed by atoms with Crippen LogP contribution in [0.15, 0.2) is 93.6 Å². The summed E-state index contributed by atoms with van der Waals surface area (Å²) in [5.41, 5.74) is 5.14. The van der Waals surface area contributed by atoms with Gasteiger partial charge in [-0.25, -0.2) is 14.8 Å². The molecule has 0 bridgehead atoms. The van der Waals surface area contributed by atoms with Gasteiger partial charge in [-0.3, -0.25) is 10.2 Å². The van der Waals surface area contributed by atoms with Gasteiger partial charge in [0.2, 0.25) is 5.96 Å². The lowest BCUT2D eigenvalue weighted by Crippen LogP contribution is -2.44. The molecule has 7 nitrogen and oxygen atoms in total. The van der Waals surface area contributed by atoms with Crippen molar-refractivity contribution in [2.75, 3.05) is 10.2 Å². The quantitative estimate of drug-likeness (QED) is 0.252. The summed E-state index contributed by atoms with van der Waals surface area (Å²) in [5.74, 6) is 0.504. The molecule has 0 atom stereocenters. The summed E-state index contributed by atoms with van der Waals surface area (Å²) >= 11 is 1.64. The van der Waals surface area contributed by atoms with Crippen molar-refractivity contribution in [1.29, 1.82) is 0 Å². The Morgan fingerprint density at radius 1 is 0.829 bits per heavy atom. The maximum atomic E-state index is 13.7. The molecule has 0 saturated carbocycles. The zero-order chi connectivity index (χ0) is 24.4. The van der Waals surface area contributed by atoms with Crippen LogP contribution in [0.2, 0.25) is 0 Å². The molecule has 0 unspecified atom stereocenters. The molecule has 5 rings (SSSR count). The van der Waals surface area contributed by atoms with Crippen LogP contribution in [0.25, 0.3) is 0 Å². The van der Waals surface area contributed by atoms with Gasteiger partial charge in [-0.15, -0.1) is 0 Å². The normalized spacial score (nSPS) is 12.5. The Labute approximate surface area is 208 Å². The average molecular weight is 481 g/mol. The van der Waals surface area contributed by atoms with Crippen molar-refractivity contribution in [3.05, 3.63) is 95.8 Å². The summed E-state index contributed by atoms with van der Waals surface area (Å²) in [6.07, 6.45) is 0. The number of benzene rings is 3. The fourth-order valence-electron chi connectivity index (χ4n) is 3.80. The van der Waals surface area contributed by atoms with Crippen molar-refractivity contribution >= 4 is 46.8 Å². The highest BCUT2D eigenvalue weighted by Crippen LogP contribution is 2.47. The highest BCUT2D eigenvalue weighted by Gasteiger charge is 2.28. The number of guanidine groups is 1. The molecule has 2 heterocycles. The number of hydrogen-bond acceptors (Lipinski definition) is 5. The molecule has 0 radical (unpaired) electrons. The van der Waals surface area contributed by atoms with E-state index in [1.54, 1.807) is 16.7 Å². The number of aromatic nitrogens is 2. The Morgan fingerprint density at radius 2 is 1.40 bits per heavy atom. The van der Waals surface area contributed by atoms with Gasteiger partial charge < -0.3 is 5.32 Å². The zero-order valence-electron chi connectivity index (χ0n) is 19.6. The second-order valence-corrected chi connectivity index (χ2v) is 9.29. The summed E-state index contributed by atoms with van der Waals surface area (Å²) < 4.78 is 0. The predicted octanol–water partition coefficient (Wildman–Crippen LogP) is 6.51. The Kier molecular flexibility index (Phi) is 6.20. The zero-order valence-corrected chi connectivity index (χ0v) is 20.4. The Balaban J connectivity index is 1.53. The summed E-state index contributed by atoms with van der Waals surface area (Å²) in [5, 5.41) is 6.17. The number of rotatable bonds is 2. The molecule has 8 heteroatoms. The maximum absolute atomic E-state index is 13.7. The number of amides is 2. The van der Waals surface area contributed by atoms with Gasteiger partial charge in [0.25, 0.3) is 5.95 Å². The summed E-state index contributed by atoms with van der Waals surface area (Å²) in [4.78, 5) is 30.8. The van der Waals surface area contributed by atoms with Crippen molar-refractivity contribution in [3.8, 4) is 0 Å². The fraction of sp³-hybridized carbons (Fsp3) is 0.111. The van der Waals surface area contributed by atoms with Crippen LogP contribution in [0.5, 0.6) is 0 Å². The van der Waals surface area contributed by atoms with Crippen molar-refractivity contribution in [3.63, 3.8) is 0 Å². The average Bonchev–Trinajstić information content (AvgIpc) is 2.83. The highest BCUT2D eigenvalue weighted by molar-refractivity contribution is 7.99. The molecule has 0 aliphatic carbocycles. The first-order valence-electron chi connectivity index (χ1n) is 11.2. The van der Waals surface area contributed by atoms with Crippen molar-refractivity contribution in [2.24, 2.45) is 4.99 Å². The predicted molar refractivity (Wildman–Crippen MR) is 141 cm³/mol. The number of urea groups is 1. The van der Waals surface area contributed by atoms with E-state index in [0.717, 1.165) is 43.8 Å². The molecule has 1 aliphatic heterocycles. The van der Waals surface area contributed by atoms with E-state index in [9.17, 15) is 4.79 Å². The lowest BCUT2D eigenvalue weighted by Gasteiger charge is -2.31. The van der Waals surface area contributed by atoms with E-state index in [4.69, 9.17) is 0 Å². The highest BCUT2D eigenvalue weighted by atomic mass is 32.2. The Morgan fingerprint density at radius 3 is 2.00 bits per heavy atom. The molecule has 3 aromatic carbocycles. The number of anilines is 3. The number of hydrogen-bond donors (Lipinski definition) is 2. The van der Waals surface area contributed by atoms with Crippen LogP contribution in [0, 0.1) is 20.8 Å². The first-order valence-corrected chi connectivity index (χ1v) is 12.0. The molecule has 2 amide bonds. The summed E-state index contributed by atoms with van der Waals surface area (Å²) in [7, 11) is 0. The van der Waals surface area contributed by atoms with Gasteiger partial charge >= 0.3 is 6.03 Å². The molecular formula is C27H24N6OS. The number of nitrogens with one attached hydrogen (secondary N) is 2. The second kappa shape index (κ2) is 9.60. The molecule has 0 fully saturated rings. The van der Waals surface area contributed by atoms with Gasteiger partial charge in [0.05, 0.1) is 11.4 Å². The standard InChI is InChI=1S/C27H24N6OS/c1-17-12-14-20(15-13-17)30-26(31-25-28-18(2)16-19(3)29-25)32-27(34)33-21-8-4-6-10-23(21)35-24-11-7-5-9-22(24)33/h4-16H,1-3H3,(H2,28,29,30,31,32,34). The minimum Gasteiger partial charge on any atom is -0.326 e. The number of carbonyl (C=O) groups is 1. The lowest BCUT2D eigenvalue weighted by molar-refractivity contribution is 0.252. The molecule has 1 aliphatic rings. The van der Waals surface area contributed by atoms with Gasteiger partial charge in [-0.05, 0) is 63.2 Å². The third-order valence-electron chi connectivity index (χ3n) is 5.36. The van der Waals surface area contributed by atoms with Gasteiger partial charge in [0.15, 0.2) is 0 Å². The van der Waals surface area contributed by atoms with Crippen LogP contribution < -0.4 is 15.5 Å². The second-order valence-electron chi connectivity index (χ2n) is 8.21. The van der Waals surface area contributed by atoms with E-state index in [-0.39, 0.29) is 17.9 Å². The smallest absolute Gasteiger partial charge is 0.326 e. The van der Waals surface area contributed by atoms with Crippen molar-refractivity contribution in [2.45, 2.75) is 30.6 Å². The first-order chi connectivity index (χ1) is 17.0. The number of nitrogens with zero attached hydrogens (tertiary/aromatic N) is 4. The van der Waals surface area contributed by atoms with Crippen molar-refractivity contribution < 1.29 is 4.79 Å². The summed E-state index contributed by atoms with van der Waals surface area (Å²) in [6, 6.07) is 25.1. The van der Waals surface area contributed by atoms with Crippen LogP contribution in [-0.4, -0.2) is 22.0 Å². The first kappa shape index (κ1) is 22.6. The number of fused-ring (bicyclic) bond motifs is 2. The van der Waals surface area contributed by atoms with Gasteiger partial charge in [0.1, 0.15) is 0 Å². The van der Waals surface area contributed by atoms with Crippen LogP contribution in [0.4, 0.5) is 27.8 Å². The fourth-order valence-corrected chi connectivity index (χ4v) is 4.86. The SMILES string of the molecule is Cc1ccc(NC(=Nc2nc(C)cc(C)n2)NC(=O)N2c3ccccc3Sc3ccccc32)cc1. The topological polar surface area (TPSA) is 82.5 Å². The number of aryl methyl sites for hydroxylation is 3. The monoisotopic (exact) mass is 480 g/mol. The van der Waals surface area contributed by atoms with Crippen LogP contribution in [-0.2, 0) is 0 Å². The Bertz CT molecular complexity index is 1370. The number of aliphatic imine (C=N–C) groups is 1. The molecule has 0 spiro atoms. The van der Waals surface area contributed by atoms with Crippen molar-refractivity contribution in [1.82, 2.24) is 15.3 Å². The molecule has 2 N–H and O–H groups in total. The van der Waals surface area contributed by atoms with Gasteiger partial charge in [0, 0.05) is 26.9 Å². The molecule has 4 aromatic rings. The largest absolute Gasteiger partial charge is 0.333 e. The Hall–Kier alpha value is -4.17. The molecule has 174 valence electrons. The molecule has 0 saturated heterocycles. The minimum atomic E-state index is -0.340. The van der Waals surface area contributed by atoms with E-state index in [0.29, 0.717) is 0 Å². The molecular weight excluding hydrogens is 456 g/mol. The van der Waals surface area contributed by atoms with E-state index in [2.05, 4.69) is 25.6 Å². The van der Waals surface area contributed by atoms with Gasteiger partial charge in [-0.1, -0.05) is 53.7 Å². The maximum Gasteiger partial charge on any atom is 0.333 e. The van der Waals surface area contributed by atoms with Crippen LogP contribution in [0.1, 0.15) is 17.0 Å². The van der Waals surface area contributed by atoms with Gasteiger partial charge in [-0.2, -0.15) is 4.99 Å². The molecule has 35 heavy (non-hydrogen) atoms. The lowest BCUT2D eigenvalue weighted by atomic mass is 10.2. The number of para-hydroxylation sites is 2. The number of carbonyl (C=O) groups excluding carboxylic acids is 1. The molecule has 1 aromatic heterocycles. The third-order valence-corrected chi connectivity index (χ3v) is 6.49. The van der Waals surface area contributed by atoms with Crippen LogP contribution >= 0.6 is 11.8 Å². The van der Waals surface area contributed by atoms with E-state index >= 15 is 0 Å². The van der Waals surface area contributed by atoms with E-state index in [1.165, 1.54) is 0 Å². The van der Waals surface area contributed by atoms with E-state index < -0.39 is 0 Å². The summed E-state index contributed by atoms with van der Waals surface area (Å²) in [6.45, 7) is 5.80. The van der Waals surface area contributed by atoms with Crippen LogP contribution in [0.3, 0.4) is 0 Å². The third kappa shape index (κ3) is 5.02.